The summed E-state index contributed by atoms with van der Waals surface area (Å²) in [6.45, 7) is 3.06. The second kappa shape index (κ2) is 11.9. The molecule has 2 aliphatic rings. The van der Waals surface area contributed by atoms with E-state index >= 15 is 0 Å². The number of piperidine rings is 1. The van der Waals surface area contributed by atoms with Crippen LogP contribution < -0.4 is 4.74 Å². The molecule has 0 N–H and O–H groups in total. The Morgan fingerprint density at radius 1 is 1.00 bits per heavy atom. The van der Waals surface area contributed by atoms with E-state index < -0.39 is 12.0 Å². The quantitative estimate of drug-likeness (QED) is 0.386. The summed E-state index contributed by atoms with van der Waals surface area (Å²) in [7, 11) is 1.58. The second-order valence-electron chi connectivity index (χ2n) is 10.2. The molecule has 40 heavy (non-hydrogen) atoms. The number of amides is 2. The number of methoxy groups -OCH3 is 1. The van der Waals surface area contributed by atoms with Crippen molar-refractivity contribution in [2.75, 3.05) is 26.8 Å². The second-order valence-corrected chi connectivity index (χ2v) is 10.2. The zero-order valence-electron chi connectivity index (χ0n) is 22.7. The first-order valence-electron chi connectivity index (χ1n) is 13.6. The first kappa shape index (κ1) is 27.4. The number of likely N-dealkylation sites (tertiary alicyclic amines) is 1. The van der Waals surface area contributed by atoms with Crippen LogP contribution in [-0.2, 0) is 20.9 Å². The molecule has 0 aliphatic carbocycles. The van der Waals surface area contributed by atoms with E-state index in [0.717, 1.165) is 11.1 Å². The molecule has 1 saturated heterocycles. The molecule has 2 heterocycles. The van der Waals surface area contributed by atoms with Gasteiger partial charge in [-0.05, 0) is 66.8 Å². The van der Waals surface area contributed by atoms with E-state index in [9.17, 15) is 18.8 Å². The predicted molar refractivity (Wildman–Crippen MR) is 147 cm³/mol. The first-order valence-corrected chi connectivity index (χ1v) is 13.6. The van der Waals surface area contributed by atoms with Gasteiger partial charge in [-0.2, -0.15) is 0 Å². The minimum absolute atomic E-state index is 0.140. The molecule has 2 amide bonds. The van der Waals surface area contributed by atoms with Crippen molar-refractivity contribution < 1.29 is 28.2 Å². The van der Waals surface area contributed by atoms with Gasteiger partial charge in [0.05, 0.1) is 31.6 Å². The highest BCUT2D eigenvalue weighted by molar-refractivity contribution is 6.01. The lowest BCUT2D eigenvalue weighted by atomic mass is 9.78. The molecule has 8 heteroatoms. The number of hydrogen-bond acceptors (Lipinski definition) is 5. The van der Waals surface area contributed by atoms with E-state index in [4.69, 9.17) is 9.47 Å². The molecule has 0 spiro atoms. The minimum Gasteiger partial charge on any atom is -0.497 e. The Balaban J connectivity index is 1.59. The fourth-order valence-electron chi connectivity index (χ4n) is 5.82. The number of esters is 1. The Bertz CT molecular complexity index is 1370. The third-order valence-electron chi connectivity index (χ3n) is 7.78. The molecule has 3 atom stereocenters. The first-order chi connectivity index (χ1) is 19.4. The summed E-state index contributed by atoms with van der Waals surface area (Å²) in [6.07, 6.45) is 1.36. The van der Waals surface area contributed by atoms with Crippen molar-refractivity contribution in [1.82, 2.24) is 9.80 Å². The third-order valence-corrected chi connectivity index (χ3v) is 7.78. The molecule has 3 aromatic carbocycles. The number of nitrogens with zero attached hydrogens (tertiary/aromatic N) is 2. The Hall–Kier alpha value is -4.20. The van der Waals surface area contributed by atoms with Gasteiger partial charge in [0.2, 0.25) is 5.91 Å². The lowest BCUT2D eigenvalue weighted by molar-refractivity contribution is -0.151. The molecular weight excluding hydrogens is 511 g/mol. The molecule has 0 aromatic heterocycles. The number of hydrogen-bond donors (Lipinski definition) is 0. The average molecular weight is 545 g/mol. The van der Waals surface area contributed by atoms with Gasteiger partial charge in [-0.3, -0.25) is 14.4 Å². The Morgan fingerprint density at radius 2 is 1.73 bits per heavy atom. The summed E-state index contributed by atoms with van der Waals surface area (Å²) >= 11 is 0. The number of ether oxygens (including phenoxy) is 2. The summed E-state index contributed by atoms with van der Waals surface area (Å²) in [4.78, 5) is 44.5. The minimum atomic E-state index is -0.705. The van der Waals surface area contributed by atoms with E-state index in [0.29, 0.717) is 42.9 Å². The number of halogens is 1. The van der Waals surface area contributed by atoms with Crippen LogP contribution >= 0.6 is 0 Å². The highest BCUT2D eigenvalue weighted by Crippen LogP contribution is 2.45. The van der Waals surface area contributed by atoms with E-state index in [-0.39, 0.29) is 42.6 Å². The third kappa shape index (κ3) is 5.43. The number of benzene rings is 3. The molecule has 0 radical (unpaired) electrons. The van der Waals surface area contributed by atoms with E-state index in [1.165, 1.54) is 12.1 Å². The van der Waals surface area contributed by atoms with Crippen molar-refractivity contribution in [2.45, 2.75) is 38.3 Å². The van der Waals surface area contributed by atoms with Crippen molar-refractivity contribution in [3.8, 4) is 5.75 Å². The van der Waals surface area contributed by atoms with Gasteiger partial charge in [-0.1, -0.05) is 42.5 Å². The zero-order chi connectivity index (χ0) is 28.2. The van der Waals surface area contributed by atoms with Gasteiger partial charge in [0.25, 0.3) is 5.91 Å². The monoisotopic (exact) mass is 544 g/mol. The van der Waals surface area contributed by atoms with Crippen molar-refractivity contribution in [3.63, 3.8) is 0 Å². The normalized spacial score (nSPS) is 20.6. The molecule has 1 fully saturated rings. The van der Waals surface area contributed by atoms with Crippen LogP contribution in [-0.4, -0.2) is 54.4 Å². The van der Waals surface area contributed by atoms with Crippen LogP contribution in [0.2, 0.25) is 0 Å². The summed E-state index contributed by atoms with van der Waals surface area (Å²) in [5.74, 6) is -1.42. The van der Waals surface area contributed by atoms with E-state index in [1.54, 1.807) is 48.1 Å². The number of fused-ring (bicyclic) bond motifs is 1. The summed E-state index contributed by atoms with van der Waals surface area (Å²) in [5, 5.41) is 0. The van der Waals surface area contributed by atoms with Crippen LogP contribution in [0.5, 0.6) is 5.75 Å². The SMILES string of the molecule is CCOC(=O)C1CCCN(C(=O)C2c3ccccc3C(=O)N(Cc3ccc(F)cc3)C2c2ccc(OC)cc2)C1. The lowest BCUT2D eigenvalue weighted by Crippen LogP contribution is -2.50. The Kier molecular flexibility index (Phi) is 8.14. The fourth-order valence-corrected chi connectivity index (χ4v) is 5.82. The standard InChI is InChI=1S/C32H33FN2O5/c1-3-40-32(38)23-7-6-18-34(20-23)31(37)28-26-8-4-5-9-27(26)30(36)35(19-21-10-14-24(33)15-11-21)29(28)22-12-16-25(39-2)17-13-22/h4-5,8-17,23,28-29H,3,6-7,18-20H2,1-2H3. The molecular formula is C32H33FN2O5. The van der Waals surface area contributed by atoms with Crippen LogP contribution in [0.25, 0.3) is 0 Å². The maximum Gasteiger partial charge on any atom is 0.310 e. The molecule has 0 bridgehead atoms. The molecule has 0 saturated carbocycles. The maximum atomic E-state index is 14.5. The molecule has 3 unspecified atom stereocenters. The van der Waals surface area contributed by atoms with Crippen LogP contribution in [0.1, 0.15) is 58.8 Å². The molecule has 208 valence electrons. The average Bonchev–Trinajstić information content (AvgIpc) is 2.99. The van der Waals surface area contributed by atoms with Gasteiger partial charge in [-0.15, -0.1) is 0 Å². The predicted octanol–water partition coefficient (Wildman–Crippen LogP) is 5.12. The summed E-state index contributed by atoms with van der Waals surface area (Å²) in [5.41, 5.74) is 2.65. The van der Waals surface area contributed by atoms with Crippen molar-refractivity contribution in [2.24, 2.45) is 5.92 Å². The van der Waals surface area contributed by atoms with Crippen LogP contribution in [0.15, 0.2) is 72.8 Å². The van der Waals surface area contributed by atoms with Crippen LogP contribution in [0, 0.1) is 11.7 Å². The highest BCUT2D eigenvalue weighted by atomic mass is 19.1. The van der Waals surface area contributed by atoms with Crippen molar-refractivity contribution >= 4 is 17.8 Å². The molecule has 3 aromatic rings. The van der Waals surface area contributed by atoms with Gasteiger partial charge in [0.1, 0.15) is 11.6 Å². The largest absolute Gasteiger partial charge is 0.497 e. The highest BCUT2D eigenvalue weighted by Gasteiger charge is 2.46. The number of carbonyl (C=O) groups excluding carboxylic acids is 3. The summed E-state index contributed by atoms with van der Waals surface area (Å²) in [6, 6.07) is 20.0. The van der Waals surface area contributed by atoms with Gasteiger partial charge in [-0.25, -0.2) is 4.39 Å². The van der Waals surface area contributed by atoms with Gasteiger partial charge < -0.3 is 19.3 Å². The van der Waals surface area contributed by atoms with Crippen molar-refractivity contribution in [1.29, 1.82) is 0 Å². The number of carbonyl (C=O) groups is 3. The molecule has 5 rings (SSSR count). The van der Waals surface area contributed by atoms with Crippen LogP contribution in [0.4, 0.5) is 4.39 Å². The fraction of sp³-hybridized carbons (Fsp3) is 0.344. The molecule has 7 nitrogen and oxygen atoms in total. The van der Waals surface area contributed by atoms with Gasteiger partial charge >= 0.3 is 5.97 Å². The van der Waals surface area contributed by atoms with Crippen LogP contribution in [0.3, 0.4) is 0 Å². The van der Waals surface area contributed by atoms with E-state index in [2.05, 4.69) is 0 Å². The maximum absolute atomic E-state index is 14.5. The lowest BCUT2D eigenvalue weighted by Gasteiger charge is -2.44. The Labute approximate surface area is 233 Å². The Morgan fingerprint density at radius 3 is 2.42 bits per heavy atom. The van der Waals surface area contributed by atoms with Crippen molar-refractivity contribution in [3.05, 3.63) is 101 Å². The zero-order valence-corrected chi connectivity index (χ0v) is 22.7. The van der Waals surface area contributed by atoms with Gasteiger partial charge in [0.15, 0.2) is 0 Å². The molecule has 2 aliphatic heterocycles. The number of rotatable bonds is 7. The van der Waals surface area contributed by atoms with E-state index in [1.807, 2.05) is 36.4 Å². The topological polar surface area (TPSA) is 76.2 Å². The smallest absolute Gasteiger partial charge is 0.310 e. The summed E-state index contributed by atoms with van der Waals surface area (Å²) < 4.78 is 24.3. The van der Waals surface area contributed by atoms with Gasteiger partial charge in [0, 0.05) is 25.2 Å².